The first-order chi connectivity index (χ1) is 16.2. The minimum atomic E-state index is -4.73. The first-order valence-corrected chi connectivity index (χ1v) is 9.82. The molecule has 2 heterocycles. The number of hydrogen-bond acceptors (Lipinski definition) is 4. The molecule has 4 rings (SSSR count). The first-order valence-electron chi connectivity index (χ1n) is 9.82. The van der Waals surface area contributed by atoms with Gasteiger partial charge in [0.2, 0.25) is 0 Å². The predicted octanol–water partition coefficient (Wildman–Crippen LogP) is 5.03. The number of anilines is 2. The molecule has 0 unspecified atom stereocenters. The molecule has 0 aliphatic carbocycles. The third-order valence-corrected chi connectivity index (χ3v) is 4.95. The molecule has 2 aromatic heterocycles. The standard InChI is InChI=1S/C22H16F5N5O2/c23-16-3-2-13(22(25,26)27)8-19(16)31-21(34)30-18-4-1-12(7-17(18)24)14-9-28-11-20-15(14)10-29-32(20)5-6-33/h1-4,7-11,33H,5-6H2,(H2,30,31,34). The molecule has 0 bridgehead atoms. The van der Waals surface area contributed by atoms with Crippen LogP contribution in [-0.2, 0) is 12.7 Å². The largest absolute Gasteiger partial charge is 0.416 e. The highest BCUT2D eigenvalue weighted by atomic mass is 19.4. The van der Waals surface area contributed by atoms with Gasteiger partial charge < -0.3 is 15.7 Å². The molecule has 0 aliphatic rings. The van der Waals surface area contributed by atoms with E-state index in [0.717, 1.165) is 6.07 Å². The van der Waals surface area contributed by atoms with E-state index >= 15 is 0 Å². The van der Waals surface area contributed by atoms with Crippen molar-refractivity contribution in [3.8, 4) is 11.1 Å². The minimum Gasteiger partial charge on any atom is -0.394 e. The van der Waals surface area contributed by atoms with Crippen molar-refractivity contribution in [3.63, 3.8) is 0 Å². The molecule has 12 heteroatoms. The summed E-state index contributed by atoms with van der Waals surface area (Å²) in [5.74, 6) is -1.92. The molecule has 7 nitrogen and oxygen atoms in total. The number of rotatable bonds is 5. The molecule has 0 fully saturated rings. The van der Waals surface area contributed by atoms with Crippen LogP contribution in [0.25, 0.3) is 22.0 Å². The minimum absolute atomic E-state index is 0.123. The van der Waals surface area contributed by atoms with Crippen molar-refractivity contribution in [3.05, 3.63) is 72.2 Å². The number of aliphatic hydroxyl groups is 1. The molecule has 0 spiro atoms. The van der Waals surface area contributed by atoms with Gasteiger partial charge in [-0.3, -0.25) is 9.67 Å². The molecule has 3 N–H and O–H groups in total. The Morgan fingerprint density at radius 2 is 1.74 bits per heavy atom. The Hall–Kier alpha value is -4.06. The van der Waals surface area contributed by atoms with Crippen LogP contribution in [-0.4, -0.2) is 32.5 Å². The second-order valence-corrected chi connectivity index (χ2v) is 7.18. The summed E-state index contributed by atoms with van der Waals surface area (Å²) < 4.78 is 68.6. The molecule has 2 aromatic carbocycles. The molecular formula is C22H16F5N5O2. The number of nitrogens with one attached hydrogen (secondary N) is 2. The van der Waals surface area contributed by atoms with E-state index in [1.54, 1.807) is 17.1 Å². The maximum atomic E-state index is 14.7. The Balaban J connectivity index is 1.55. The van der Waals surface area contributed by atoms with Crippen LogP contribution in [0.4, 0.5) is 38.1 Å². The molecule has 176 valence electrons. The van der Waals surface area contributed by atoms with Crippen LogP contribution in [0.3, 0.4) is 0 Å². The summed E-state index contributed by atoms with van der Waals surface area (Å²) in [5, 5.41) is 18.1. The number of amides is 2. The van der Waals surface area contributed by atoms with Gasteiger partial charge in [-0.05, 0) is 35.9 Å². The first kappa shape index (κ1) is 23.1. The molecule has 0 radical (unpaired) electrons. The van der Waals surface area contributed by atoms with Crippen molar-refractivity contribution in [2.24, 2.45) is 0 Å². The number of pyridine rings is 1. The molecular weight excluding hydrogens is 461 g/mol. The molecule has 0 saturated heterocycles. The van der Waals surface area contributed by atoms with Crippen molar-refractivity contribution in [1.82, 2.24) is 14.8 Å². The zero-order valence-corrected chi connectivity index (χ0v) is 17.2. The fraction of sp³-hybridized carbons (Fsp3) is 0.136. The van der Waals surface area contributed by atoms with Crippen LogP contribution in [0.1, 0.15) is 5.56 Å². The number of aromatic nitrogens is 3. The van der Waals surface area contributed by atoms with Crippen LogP contribution in [0.15, 0.2) is 55.0 Å². The molecule has 4 aromatic rings. The quantitative estimate of drug-likeness (QED) is 0.352. The van der Waals surface area contributed by atoms with Gasteiger partial charge >= 0.3 is 12.2 Å². The fourth-order valence-corrected chi connectivity index (χ4v) is 3.35. The van der Waals surface area contributed by atoms with E-state index in [4.69, 9.17) is 5.11 Å². The SMILES string of the molecule is O=C(Nc1ccc(-c2cncc3c2cnn3CCO)cc1F)Nc1cc(C(F)(F)F)ccc1F. The van der Waals surface area contributed by atoms with E-state index in [1.807, 2.05) is 5.32 Å². The Morgan fingerprint density at radius 3 is 2.44 bits per heavy atom. The Morgan fingerprint density at radius 1 is 0.971 bits per heavy atom. The molecule has 0 saturated carbocycles. The summed E-state index contributed by atoms with van der Waals surface area (Å²) in [6.07, 6.45) is -0.0959. The van der Waals surface area contributed by atoms with Crippen molar-refractivity contribution in [2.45, 2.75) is 12.7 Å². The Kier molecular flexibility index (Phi) is 6.16. The molecule has 34 heavy (non-hydrogen) atoms. The summed E-state index contributed by atoms with van der Waals surface area (Å²) in [6.45, 7) is 0.135. The highest BCUT2D eigenvalue weighted by molar-refractivity contribution is 6.00. The number of halogens is 5. The van der Waals surface area contributed by atoms with Gasteiger partial charge in [0.25, 0.3) is 0 Å². The Bertz CT molecular complexity index is 1370. The van der Waals surface area contributed by atoms with E-state index in [0.29, 0.717) is 40.2 Å². The summed E-state index contributed by atoms with van der Waals surface area (Å²) in [5.41, 5.74) is -0.509. The number of hydrogen-bond donors (Lipinski definition) is 3. The van der Waals surface area contributed by atoms with E-state index in [1.165, 1.54) is 18.3 Å². The lowest BCUT2D eigenvalue weighted by molar-refractivity contribution is -0.137. The highest BCUT2D eigenvalue weighted by Crippen LogP contribution is 2.32. The maximum absolute atomic E-state index is 14.7. The van der Waals surface area contributed by atoms with Gasteiger partial charge in [-0.1, -0.05) is 6.07 Å². The number of alkyl halides is 3. The van der Waals surface area contributed by atoms with Crippen LogP contribution < -0.4 is 10.6 Å². The van der Waals surface area contributed by atoms with Crippen molar-refractivity contribution < 1.29 is 31.9 Å². The van der Waals surface area contributed by atoms with Crippen LogP contribution >= 0.6 is 0 Å². The summed E-state index contributed by atoms with van der Waals surface area (Å²) in [6, 6.07) is 4.33. The maximum Gasteiger partial charge on any atom is 0.416 e. The predicted molar refractivity (Wildman–Crippen MR) is 114 cm³/mol. The second kappa shape index (κ2) is 9.06. The second-order valence-electron chi connectivity index (χ2n) is 7.18. The summed E-state index contributed by atoms with van der Waals surface area (Å²) >= 11 is 0. The van der Waals surface area contributed by atoms with Crippen molar-refractivity contribution >= 4 is 28.3 Å². The number of aliphatic hydroxyl groups excluding tert-OH is 1. The topological polar surface area (TPSA) is 92.1 Å². The van der Waals surface area contributed by atoms with E-state index in [9.17, 15) is 26.7 Å². The number of benzene rings is 2. The van der Waals surface area contributed by atoms with Gasteiger partial charge in [-0.25, -0.2) is 13.6 Å². The number of carbonyl (C=O) groups is 1. The zero-order chi connectivity index (χ0) is 24.5. The van der Waals surface area contributed by atoms with Gasteiger partial charge in [0, 0.05) is 17.1 Å². The van der Waals surface area contributed by atoms with Gasteiger partial charge in [0.1, 0.15) is 11.6 Å². The Labute approximate surface area is 188 Å². The number of carbonyl (C=O) groups excluding carboxylic acids is 1. The average molecular weight is 477 g/mol. The van der Waals surface area contributed by atoms with Crippen molar-refractivity contribution in [2.75, 3.05) is 17.2 Å². The third-order valence-electron chi connectivity index (χ3n) is 4.95. The average Bonchev–Trinajstić information content (AvgIpc) is 3.19. The number of urea groups is 1. The van der Waals surface area contributed by atoms with Gasteiger partial charge in [-0.15, -0.1) is 0 Å². The van der Waals surface area contributed by atoms with E-state index < -0.39 is 35.1 Å². The lowest BCUT2D eigenvalue weighted by Crippen LogP contribution is -2.21. The smallest absolute Gasteiger partial charge is 0.394 e. The fourth-order valence-electron chi connectivity index (χ4n) is 3.35. The molecule has 2 amide bonds. The van der Waals surface area contributed by atoms with Gasteiger partial charge in [0.05, 0.1) is 48.0 Å². The molecule has 0 atom stereocenters. The summed E-state index contributed by atoms with van der Waals surface area (Å²) in [7, 11) is 0. The van der Waals surface area contributed by atoms with Crippen LogP contribution in [0.2, 0.25) is 0 Å². The third kappa shape index (κ3) is 4.66. The normalized spacial score (nSPS) is 11.6. The lowest BCUT2D eigenvalue weighted by Gasteiger charge is -2.12. The zero-order valence-electron chi connectivity index (χ0n) is 17.2. The van der Waals surface area contributed by atoms with Crippen molar-refractivity contribution in [1.29, 1.82) is 0 Å². The monoisotopic (exact) mass is 477 g/mol. The van der Waals surface area contributed by atoms with Crippen LogP contribution in [0, 0.1) is 11.6 Å². The van der Waals surface area contributed by atoms with E-state index in [-0.39, 0.29) is 18.8 Å². The van der Waals surface area contributed by atoms with E-state index in [2.05, 4.69) is 15.4 Å². The number of nitrogens with zero attached hydrogens (tertiary/aromatic N) is 3. The molecule has 0 aliphatic heterocycles. The lowest BCUT2D eigenvalue weighted by atomic mass is 10.0. The van der Waals surface area contributed by atoms with Gasteiger partial charge in [0.15, 0.2) is 0 Å². The highest BCUT2D eigenvalue weighted by Gasteiger charge is 2.31. The summed E-state index contributed by atoms with van der Waals surface area (Å²) in [4.78, 5) is 16.3. The van der Waals surface area contributed by atoms with Gasteiger partial charge in [-0.2, -0.15) is 18.3 Å². The number of fused-ring (bicyclic) bond motifs is 1. The van der Waals surface area contributed by atoms with Crippen LogP contribution in [0.5, 0.6) is 0 Å².